The van der Waals surface area contributed by atoms with E-state index in [1.807, 2.05) is 34.1 Å². The third-order valence-electron chi connectivity index (χ3n) is 13.0. The third kappa shape index (κ3) is 7.18. The molecule has 2 aromatic heterocycles. The van der Waals surface area contributed by atoms with Crippen molar-refractivity contribution < 1.29 is 28.0 Å². The second-order valence-electron chi connectivity index (χ2n) is 16.4. The highest BCUT2D eigenvalue weighted by Gasteiger charge is 2.39. The van der Waals surface area contributed by atoms with E-state index < -0.39 is 24.2 Å². The Morgan fingerprint density at radius 2 is 1.07 bits per heavy atom. The predicted molar refractivity (Wildman–Crippen MR) is 219 cm³/mol. The van der Waals surface area contributed by atoms with E-state index in [9.17, 15) is 19.2 Å². The van der Waals surface area contributed by atoms with Crippen molar-refractivity contribution in [3.8, 4) is 11.4 Å². The van der Waals surface area contributed by atoms with Gasteiger partial charge in [-0.1, -0.05) is 12.2 Å². The van der Waals surface area contributed by atoms with Crippen LogP contribution in [0.15, 0.2) is 48.6 Å². The number of fused-ring (bicyclic) bond motifs is 8. The molecule has 2 saturated heterocycles. The van der Waals surface area contributed by atoms with Gasteiger partial charge >= 0.3 is 0 Å². The molecule has 4 aliphatic rings. The van der Waals surface area contributed by atoms with Gasteiger partial charge in [0.15, 0.2) is 0 Å². The Kier molecular flexibility index (Phi) is 11.2. The van der Waals surface area contributed by atoms with Crippen molar-refractivity contribution >= 4 is 45.4 Å². The van der Waals surface area contributed by atoms with Crippen molar-refractivity contribution in [2.45, 2.75) is 115 Å². The summed E-state index contributed by atoms with van der Waals surface area (Å²) in [6.07, 6.45) is 8.16. The molecule has 308 valence electrons. The molecule has 0 radical (unpaired) electrons. The first-order valence-electron chi connectivity index (χ1n) is 20.8. The van der Waals surface area contributed by atoms with E-state index in [1.165, 1.54) is 12.1 Å². The lowest BCUT2D eigenvalue weighted by Gasteiger charge is -2.31. The highest BCUT2D eigenvalue weighted by Crippen LogP contribution is 2.45. The normalized spacial score (nSPS) is 24.2. The van der Waals surface area contributed by atoms with Crippen LogP contribution >= 0.6 is 0 Å². The highest BCUT2D eigenvalue weighted by atomic mass is 19.1. The van der Waals surface area contributed by atoms with Gasteiger partial charge in [0, 0.05) is 49.0 Å². The number of rotatable bonds is 6. The smallest absolute Gasteiger partial charge is 0.245 e. The van der Waals surface area contributed by atoms with Crippen molar-refractivity contribution in [1.29, 1.82) is 0 Å². The molecule has 0 saturated carbocycles. The molecule has 2 fully saturated rings. The van der Waals surface area contributed by atoms with Crippen LogP contribution < -0.4 is 21.3 Å². The topological polar surface area (TPSA) is 133 Å². The summed E-state index contributed by atoms with van der Waals surface area (Å²) >= 11 is 0. The summed E-state index contributed by atoms with van der Waals surface area (Å²) in [4.78, 5) is 59.6. The molecule has 4 N–H and O–H groups in total. The Labute approximate surface area is 337 Å². The molecule has 6 heterocycles. The van der Waals surface area contributed by atoms with Gasteiger partial charge in [-0.25, -0.2) is 8.78 Å². The van der Waals surface area contributed by atoms with Gasteiger partial charge in [0.2, 0.25) is 23.6 Å². The minimum Gasteiger partial charge on any atom is -0.343 e. The molecular formula is C44H54F2N8O4. The molecular weight excluding hydrogens is 743 g/mol. The molecule has 2 aromatic carbocycles. The first-order valence-corrected chi connectivity index (χ1v) is 20.8. The number of amides is 4. The fourth-order valence-corrected chi connectivity index (χ4v) is 9.72. The molecule has 14 heteroatoms. The lowest BCUT2D eigenvalue weighted by molar-refractivity contribution is -0.137. The number of carbonyl (C=O) groups is 4. The monoisotopic (exact) mass is 796 g/mol. The van der Waals surface area contributed by atoms with Crippen molar-refractivity contribution in [2.24, 2.45) is 0 Å². The fourth-order valence-electron chi connectivity index (χ4n) is 9.72. The van der Waals surface area contributed by atoms with Crippen LogP contribution in [0.1, 0.15) is 63.5 Å². The number of hydrogen-bond donors (Lipinski definition) is 4. The maximum Gasteiger partial charge on any atom is 0.245 e. The minimum absolute atomic E-state index is 0.186. The van der Waals surface area contributed by atoms with E-state index in [0.717, 1.165) is 70.0 Å². The van der Waals surface area contributed by atoms with Crippen LogP contribution in [-0.4, -0.2) is 106 Å². The average molecular weight is 797 g/mol. The van der Waals surface area contributed by atoms with Crippen molar-refractivity contribution in [3.05, 3.63) is 71.3 Å². The van der Waals surface area contributed by atoms with E-state index in [1.54, 1.807) is 40.1 Å². The molecule has 0 aliphatic carbocycles. The van der Waals surface area contributed by atoms with Gasteiger partial charge in [-0.3, -0.25) is 19.2 Å². The zero-order chi connectivity index (χ0) is 40.8. The first kappa shape index (κ1) is 39.7. The third-order valence-corrected chi connectivity index (χ3v) is 13.0. The number of benzene rings is 2. The molecule has 58 heavy (non-hydrogen) atoms. The number of hydrogen-bond acceptors (Lipinski definition) is 6. The number of aromatic nitrogens is 2. The summed E-state index contributed by atoms with van der Waals surface area (Å²) in [6.45, 7) is 5.60. The van der Waals surface area contributed by atoms with Crippen molar-refractivity contribution in [2.75, 3.05) is 27.2 Å². The van der Waals surface area contributed by atoms with E-state index in [0.29, 0.717) is 39.0 Å². The minimum atomic E-state index is -0.868. The van der Waals surface area contributed by atoms with Gasteiger partial charge in [0.05, 0.1) is 34.5 Å². The van der Waals surface area contributed by atoms with Crippen molar-refractivity contribution in [3.63, 3.8) is 0 Å². The van der Waals surface area contributed by atoms with Crippen molar-refractivity contribution in [1.82, 2.24) is 40.2 Å². The van der Waals surface area contributed by atoms with Gasteiger partial charge in [0.1, 0.15) is 23.7 Å². The summed E-state index contributed by atoms with van der Waals surface area (Å²) in [5.74, 6) is -1.68. The van der Waals surface area contributed by atoms with E-state index >= 15 is 8.78 Å². The molecule has 4 amide bonds. The number of nitrogens with one attached hydrogen (secondary N) is 4. The van der Waals surface area contributed by atoms with Gasteiger partial charge in [0.25, 0.3) is 0 Å². The number of carbonyl (C=O) groups excluding carboxylic acids is 4. The van der Waals surface area contributed by atoms with Gasteiger partial charge < -0.3 is 40.2 Å². The standard InChI is InChI=1S/C44H54F2N8O4/c1-25(47-3)41(55)49-35-11-5-6-12-36(50-42(56)26(2)48-4)44(58)52-18-8-10-30(52)24-34-32-16-14-28(46)22-38(32)54-20-19-53-37-21-27(45)13-15-31(37)33(39(53)40(34)54)23-29-9-7-17-51(29)43(35)57/h5-6,13-16,21-22,25-26,29-30,35-36,47-48H,7-12,17-20,23-24H2,1-4H3,(H,49,55)(H,50,56)/b6-5+/t25-,26-,29-,30-,35+,36?/m0/s1. The molecule has 0 bridgehead atoms. The molecule has 8 rings (SSSR count). The Morgan fingerprint density at radius 1 is 0.655 bits per heavy atom. The SMILES string of the molecule is CN[C@@H](C)C(=O)NC1C/C=C/C[C@@H](NC(=O)[C@H](C)NC)C(=O)N2CCC[C@H]2Cc2c3n(c4cc(F)ccc24)CCn2c-3c(c3ccc(F)cc32)C[C@@H]2CCCN2C1=O. The highest BCUT2D eigenvalue weighted by molar-refractivity contribution is 5.98. The quantitative estimate of drug-likeness (QED) is 0.217. The molecule has 6 atom stereocenters. The summed E-state index contributed by atoms with van der Waals surface area (Å²) in [5, 5.41) is 13.7. The Balaban J connectivity index is 1.31. The van der Waals surface area contributed by atoms with Gasteiger partial charge in [-0.05, 0) is 127 Å². The molecule has 12 nitrogen and oxygen atoms in total. The Hall–Kier alpha value is -5.08. The zero-order valence-corrected chi connectivity index (χ0v) is 33.7. The van der Waals surface area contributed by atoms with Gasteiger partial charge in [-0.2, -0.15) is 0 Å². The average Bonchev–Trinajstić information content (AvgIpc) is 4.01. The summed E-state index contributed by atoms with van der Waals surface area (Å²) in [6, 6.07) is 6.61. The number of likely N-dealkylation sites (N-methyl/N-ethyl adjacent to an activating group) is 2. The second-order valence-corrected chi connectivity index (χ2v) is 16.4. The van der Waals surface area contributed by atoms with Crippen LogP contribution in [0, 0.1) is 11.6 Å². The number of halogens is 2. The van der Waals surface area contributed by atoms with Crippen LogP contribution in [-0.2, 0) is 45.1 Å². The summed E-state index contributed by atoms with van der Waals surface area (Å²) in [7, 11) is 3.38. The summed E-state index contributed by atoms with van der Waals surface area (Å²) in [5.41, 5.74) is 5.38. The lowest BCUT2D eigenvalue weighted by Crippen LogP contribution is -2.53. The first-order chi connectivity index (χ1) is 28.0. The molecule has 1 unspecified atom stereocenters. The molecule has 4 aliphatic heterocycles. The van der Waals surface area contributed by atoms with Crippen LogP contribution in [0.25, 0.3) is 33.2 Å². The molecule has 0 spiro atoms. The van der Waals surface area contributed by atoms with Crippen LogP contribution in [0.4, 0.5) is 8.78 Å². The largest absolute Gasteiger partial charge is 0.343 e. The Morgan fingerprint density at radius 3 is 1.47 bits per heavy atom. The summed E-state index contributed by atoms with van der Waals surface area (Å²) < 4.78 is 34.6. The van der Waals surface area contributed by atoms with E-state index in [4.69, 9.17) is 0 Å². The molecule has 4 aromatic rings. The lowest BCUT2D eigenvalue weighted by atomic mass is 9.94. The van der Waals surface area contributed by atoms with Crippen LogP contribution in [0.3, 0.4) is 0 Å². The van der Waals surface area contributed by atoms with Gasteiger partial charge in [-0.15, -0.1) is 0 Å². The second kappa shape index (κ2) is 16.3. The zero-order valence-electron chi connectivity index (χ0n) is 33.7. The van der Waals surface area contributed by atoms with Crippen LogP contribution in [0.5, 0.6) is 0 Å². The maximum absolute atomic E-state index is 15.1. The van der Waals surface area contributed by atoms with Crippen LogP contribution in [0.2, 0.25) is 0 Å². The van der Waals surface area contributed by atoms with E-state index in [2.05, 4.69) is 30.4 Å². The maximum atomic E-state index is 15.1. The Bertz CT molecular complexity index is 2140. The number of nitrogens with zero attached hydrogens (tertiary/aromatic N) is 4. The van der Waals surface area contributed by atoms with E-state index in [-0.39, 0.29) is 60.2 Å². The predicted octanol–water partition coefficient (Wildman–Crippen LogP) is 4.16. The number of aryl methyl sites for hydroxylation is 2. The fraction of sp³-hybridized carbons (Fsp3) is 0.500.